The van der Waals surface area contributed by atoms with Crippen LogP contribution in [0.1, 0.15) is 34.6 Å². The third-order valence-corrected chi connectivity index (χ3v) is 2.58. The SMILES string of the molecule is CCOC(=O)c1ccc(N)cc1C(=O)C(C)Br. The third-order valence-electron chi connectivity index (χ3n) is 2.17. The van der Waals surface area contributed by atoms with Gasteiger partial charge in [-0.15, -0.1) is 0 Å². The Morgan fingerprint density at radius 2 is 2.06 bits per heavy atom. The molecule has 0 aliphatic carbocycles. The second-order valence-electron chi connectivity index (χ2n) is 3.51. The average molecular weight is 300 g/mol. The van der Waals surface area contributed by atoms with Crippen molar-refractivity contribution in [2.75, 3.05) is 12.3 Å². The van der Waals surface area contributed by atoms with Gasteiger partial charge in [-0.25, -0.2) is 4.79 Å². The molecule has 0 spiro atoms. The molecule has 17 heavy (non-hydrogen) atoms. The van der Waals surface area contributed by atoms with Crippen molar-refractivity contribution in [3.05, 3.63) is 29.3 Å². The number of Topliss-reactive ketones (excluding diaryl/α,β-unsaturated/α-hetero) is 1. The summed E-state index contributed by atoms with van der Waals surface area (Å²) >= 11 is 3.18. The first-order valence-corrected chi connectivity index (χ1v) is 6.13. The van der Waals surface area contributed by atoms with Gasteiger partial charge >= 0.3 is 5.97 Å². The largest absolute Gasteiger partial charge is 0.462 e. The number of nitrogens with two attached hydrogens (primary N) is 1. The Kier molecular flexibility index (Phi) is 4.69. The minimum atomic E-state index is -0.510. The van der Waals surface area contributed by atoms with E-state index in [4.69, 9.17) is 10.5 Å². The topological polar surface area (TPSA) is 69.4 Å². The van der Waals surface area contributed by atoms with Crippen LogP contribution in [0, 0.1) is 0 Å². The number of nitrogen functional groups attached to an aromatic ring is 1. The number of rotatable bonds is 4. The molecule has 0 aromatic heterocycles. The van der Waals surface area contributed by atoms with Crippen LogP contribution < -0.4 is 5.73 Å². The van der Waals surface area contributed by atoms with Gasteiger partial charge in [-0.2, -0.15) is 0 Å². The molecule has 1 rings (SSSR count). The molecule has 0 aliphatic heterocycles. The van der Waals surface area contributed by atoms with Gasteiger partial charge < -0.3 is 10.5 Å². The van der Waals surface area contributed by atoms with Gasteiger partial charge in [0.15, 0.2) is 5.78 Å². The Hall–Kier alpha value is -1.36. The van der Waals surface area contributed by atoms with Crippen LogP contribution in [-0.2, 0) is 4.74 Å². The van der Waals surface area contributed by atoms with Gasteiger partial charge in [-0.1, -0.05) is 15.9 Å². The number of esters is 1. The number of carbonyl (C=O) groups is 2. The Labute approximate surface area is 108 Å². The van der Waals surface area contributed by atoms with Gasteiger partial charge in [0.2, 0.25) is 0 Å². The van der Waals surface area contributed by atoms with E-state index in [2.05, 4.69) is 15.9 Å². The minimum Gasteiger partial charge on any atom is -0.462 e. The first kappa shape index (κ1) is 13.7. The van der Waals surface area contributed by atoms with Gasteiger partial charge in [0.25, 0.3) is 0 Å². The number of ketones is 1. The van der Waals surface area contributed by atoms with Crippen molar-refractivity contribution >= 4 is 33.4 Å². The molecule has 5 heteroatoms. The average Bonchev–Trinajstić information content (AvgIpc) is 2.28. The molecule has 1 aromatic rings. The predicted molar refractivity (Wildman–Crippen MR) is 69.5 cm³/mol. The fourth-order valence-corrected chi connectivity index (χ4v) is 1.61. The maximum absolute atomic E-state index is 11.9. The van der Waals surface area contributed by atoms with Crippen molar-refractivity contribution in [1.82, 2.24) is 0 Å². The molecule has 0 heterocycles. The van der Waals surface area contributed by atoms with E-state index in [0.29, 0.717) is 5.69 Å². The van der Waals surface area contributed by atoms with E-state index < -0.39 is 5.97 Å². The van der Waals surface area contributed by atoms with E-state index >= 15 is 0 Å². The molecule has 1 unspecified atom stereocenters. The zero-order valence-electron chi connectivity index (χ0n) is 9.70. The highest BCUT2D eigenvalue weighted by atomic mass is 79.9. The van der Waals surface area contributed by atoms with E-state index in [1.54, 1.807) is 19.9 Å². The molecule has 0 saturated heterocycles. The normalized spacial score (nSPS) is 11.9. The monoisotopic (exact) mass is 299 g/mol. The summed E-state index contributed by atoms with van der Waals surface area (Å²) in [4.78, 5) is 23.2. The lowest BCUT2D eigenvalue weighted by atomic mass is 10.0. The predicted octanol–water partition coefficient (Wildman–Crippen LogP) is 2.41. The summed E-state index contributed by atoms with van der Waals surface area (Å²) in [6, 6.07) is 4.57. The third kappa shape index (κ3) is 3.30. The molecule has 0 fully saturated rings. The molecule has 0 saturated carbocycles. The van der Waals surface area contributed by atoms with Crippen molar-refractivity contribution in [3.8, 4) is 0 Å². The highest BCUT2D eigenvalue weighted by Crippen LogP contribution is 2.19. The Morgan fingerprint density at radius 3 is 2.59 bits per heavy atom. The maximum atomic E-state index is 11.9. The van der Waals surface area contributed by atoms with E-state index in [1.807, 2.05) is 0 Å². The van der Waals surface area contributed by atoms with E-state index in [0.717, 1.165) is 0 Å². The van der Waals surface area contributed by atoms with Crippen LogP contribution in [-0.4, -0.2) is 23.2 Å². The molecule has 0 aliphatic rings. The van der Waals surface area contributed by atoms with Crippen LogP contribution in [0.15, 0.2) is 18.2 Å². The van der Waals surface area contributed by atoms with Crippen molar-refractivity contribution in [3.63, 3.8) is 0 Å². The Morgan fingerprint density at radius 1 is 1.41 bits per heavy atom. The molecule has 1 atom stereocenters. The lowest BCUT2D eigenvalue weighted by molar-refractivity contribution is 0.0523. The van der Waals surface area contributed by atoms with E-state index in [1.165, 1.54) is 12.1 Å². The lowest BCUT2D eigenvalue weighted by Crippen LogP contribution is -2.17. The molecule has 4 nitrogen and oxygen atoms in total. The fourth-order valence-electron chi connectivity index (χ4n) is 1.37. The number of hydrogen-bond donors (Lipinski definition) is 1. The highest BCUT2D eigenvalue weighted by molar-refractivity contribution is 9.10. The fraction of sp³-hybridized carbons (Fsp3) is 0.333. The van der Waals surface area contributed by atoms with Crippen LogP contribution >= 0.6 is 15.9 Å². The molecule has 2 N–H and O–H groups in total. The van der Waals surface area contributed by atoms with Gasteiger partial charge in [0.1, 0.15) is 0 Å². The summed E-state index contributed by atoms with van der Waals surface area (Å²) in [6.45, 7) is 3.67. The molecule has 92 valence electrons. The summed E-state index contributed by atoms with van der Waals surface area (Å²) in [6.07, 6.45) is 0. The summed E-state index contributed by atoms with van der Waals surface area (Å²) in [5.74, 6) is -0.704. The first-order chi connectivity index (χ1) is 7.97. The van der Waals surface area contributed by atoms with Crippen LogP contribution in [0.25, 0.3) is 0 Å². The number of carbonyl (C=O) groups excluding carboxylic acids is 2. The number of ether oxygens (including phenoxy) is 1. The number of benzene rings is 1. The molecule has 0 amide bonds. The molecule has 0 bridgehead atoms. The first-order valence-electron chi connectivity index (χ1n) is 5.22. The second kappa shape index (κ2) is 5.82. The summed E-state index contributed by atoms with van der Waals surface area (Å²) in [5.41, 5.74) is 6.59. The van der Waals surface area contributed by atoms with Gasteiger partial charge in [0, 0.05) is 11.3 Å². The molecular weight excluding hydrogens is 286 g/mol. The van der Waals surface area contributed by atoms with Crippen LogP contribution in [0.2, 0.25) is 0 Å². The lowest BCUT2D eigenvalue weighted by Gasteiger charge is -2.10. The summed E-state index contributed by atoms with van der Waals surface area (Å²) in [5, 5.41) is 0. The van der Waals surface area contributed by atoms with Crippen molar-refractivity contribution in [1.29, 1.82) is 0 Å². The smallest absolute Gasteiger partial charge is 0.338 e. The maximum Gasteiger partial charge on any atom is 0.338 e. The molecule has 1 aromatic carbocycles. The number of anilines is 1. The van der Waals surface area contributed by atoms with Crippen molar-refractivity contribution < 1.29 is 14.3 Å². The van der Waals surface area contributed by atoms with Gasteiger partial charge in [-0.3, -0.25) is 4.79 Å². The number of alkyl halides is 1. The van der Waals surface area contributed by atoms with Crippen LogP contribution in [0.5, 0.6) is 0 Å². The highest BCUT2D eigenvalue weighted by Gasteiger charge is 2.21. The van der Waals surface area contributed by atoms with E-state index in [-0.39, 0.29) is 28.3 Å². The Balaban J connectivity index is 3.21. The van der Waals surface area contributed by atoms with Gasteiger partial charge in [0.05, 0.1) is 17.0 Å². The minimum absolute atomic E-state index is 0.194. The number of halogens is 1. The second-order valence-corrected chi connectivity index (χ2v) is 4.88. The quantitative estimate of drug-likeness (QED) is 0.401. The zero-order valence-corrected chi connectivity index (χ0v) is 11.3. The van der Waals surface area contributed by atoms with Crippen LogP contribution in [0.4, 0.5) is 5.69 Å². The Bertz CT molecular complexity index is 443. The van der Waals surface area contributed by atoms with E-state index in [9.17, 15) is 9.59 Å². The standard InChI is InChI=1S/C12H14BrNO3/c1-3-17-12(16)9-5-4-8(14)6-10(9)11(15)7(2)13/h4-7H,3,14H2,1-2H3. The molecular formula is C12H14BrNO3. The van der Waals surface area contributed by atoms with Crippen molar-refractivity contribution in [2.24, 2.45) is 0 Å². The van der Waals surface area contributed by atoms with Crippen molar-refractivity contribution in [2.45, 2.75) is 18.7 Å². The van der Waals surface area contributed by atoms with Gasteiger partial charge in [-0.05, 0) is 32.0 Å². The zero-order chi connectivity index (χ0) is 13.0. The summed E-state index contributed by atoms with van der Waals surface area (Å²) in [7, 11) is 0. The number of hydrogen-bond acceptors (Lipinski definition) is 4. The van der Waals surface area contributed by atoms with Crippen LogP contribution in [0.3, 0.4) is 0 Å². The molecule has 0 radical (unpaired) electrons. The summed E-state index contributed by atoms with van der Waals surface area (Å²) < 4.78 is 4.89.